The Labute approximate surface area is 220 Å². The highest BCUT2D eigenvalue weighted by molar-refractivity contribution is 7.96. The van der Waals surface area contributed by atoms with E-state index in [9.17, 15) is 18.8 Å². The highest BCUT2D eigenvalue weighted by Crippen LogP contribution is 2.40. The van der Waals surface area contributed by atoms with Gasteiger partial charge in [-0.15, -0.1) is 0 Å². The molecule has 2 aliphatic heterocycles. The third-order valence-corrected chi connectivity index (χ3v) is 8.48. The number of pyridine rings is 1. The van der Waals surface area contributed by atoms with Crippen molar-refractivity contribution in [3.8, 4) is 6.07 Å². The minimum absolute atomic E-state index is 0.129. The van der Waals surface area contributed by atoms with Gasteiger partial charge in [0, 0.05) is 56.4 Å². The number of benzene rings is 2. The van der Waals surface area contributed by atoms with Gasteiger partial charge in [0.05, 0.1) is 28.3 Å². The molecule has 3 heterocycles. The van der Waals surface area contributed by atoms with E-state index in [1.807, 2.05) is 29.0 Å². The second-order valence-electron chi connectivity index (χ2n) is 9.75. The third kappa shape index (κ3) is 4.76. The van der Waals surface area contributed by atoms with E-state index in [2.05, 4.69) is 15.4 Å². The fourth-order valence-corrected chi connectivity index (χ4v) is 5.98. The number of aryl methyl sites for hydroxylation is 1. The number of piperazine rings is 1. The normalized spacial score (nSPS) is 18.1. The summed E-state index contributed by atoms with van der Waals surface area (Å²) < 4.78 is 31.5. The Morgan fingerprint density at radius 3 is 2.43 bits per heavy atom. The lowest BCUT2D eigenvalue weighted by atomic mass is 9.73. The van der Waals surface area contributed by atoms with Crippen molar-refractivity contribution in [2.75, 3.05) is 50.4 Å². The molecule has 2 aliphatic rings. The summed E-state index contributed by atoms with van der Waals surface area (Å²) in [7, 11) is 0. The zero-order valence-corrected chi connectivity index (χ0v) is 21.8. The molecule has 3 aromatic rings. The maximum absolute atomic E-state index is 14.9. The number of carbonyl (C=O) groups excluding carboxylic acids is 1. The number of halogens is 2. The Bertz CT molecular complexity index is 1370. The summed E-state index contributed by atoms with van der Waals surface area (Å²) in [6, 6.07) is 11.8. The largest absolute Gasteiger partial charge is 0.370 e. The number of piperidine rings is 1. The van der Waals surface area contributed by atoms with Crippen LogP contribution < -0.4 is 4.90 Å². The predicted octanol–water partition coefficient (Wildman–Crippen LogP) is 4.92. The SMILES string of the molecule is CSN1CCN(C(=O)c2cnc3ccc(F)cc3c2N2CCC(C#N)(c3ccc(C)cc3F)CC2)CC1. The van der Waals surface area contributed by atoms with Crippen LogP contribution in [0.25, 0.3) is 10.9 Å². The molecular formula is C28H29F2N5OS. The van der Waals surface area contributed by atoms with Crippen molar-refractivity contribution >= 4 is 34.4 Å². The van der Waals surface area contributed by atoms with Crippen LogP contribution in [0.2, 0.25) is 0 Å². The lowest BCUT2D eigenvalue weighted by molar-refractivity contribution is 0.0704. The smallest absolute Gasteiger partial charge is 0.257 e. The molecule has 0 unspecified atom stereocenters. The fraction of sp³-hybridized carbons (Fsp3) is 0.393. The molecular weight excluding hydrogens is 492 g/mol. The first-order chi connectivity index (χ1) is 17.8. The van der Waals surface area contributed by atoms with Crippen molar-refractivity contribution in [2.45, 2.75) is 25.2 Å². The lowest BCUT2D eigenvalue weighted by Crippen LogP contribution is -2.47. The first-order valence-corrected chi connectivity index (χ1v) is 13.6. The van der Waals surface area contributed by atoms with Crippen molar-refractivity contribution < 1.29 is 13.6 Å². The molecule has 2 saturated heterocycles. The van der Waals surface area contributed by atoms with Gasteiger partial charge in [-0.3, -0.25) is 9.78 Å². The second kappa shape index (κ2) is 10.3. The number of carbonyl (C=O) groups is 1. The quantitative estimate of drug-likeness (QED) is 0.454. The number of nitrogens with zero attached hydrogens (tertiary/aromatic N) is 5. The van der Waals surface area contributed by atoms with Crippen LogP contribution in [0.3, 0.4) is 0 Å². The van der Waals surface area contributed by atoms with Crippen molar-refractivity contribution in [1.29, 1.82) is 5.26 Å². The molecule has 0 N–H and O–H groups in total. The van der Waals surface area contributed by atoms with E-state index in [1.54, 1.807) is 30.3 Å². The Morgan fingerprint density at radius 1 is 1.05 bits per heavy atom. The summed E-state index contributed by atoms with van der Waals surface area (Å²) in [6.07, 6.45) is 4.40. The number of anilines is 1. The monoisotopic (exact) mass is 521 g/mol. The molecule has 0 bridgehead atoms. The van der Waals surface area contributed by atoms with Crippen molar-refractivity contribution in [1.82, 2.24) is 14.2 Å². The third-order valence-electron chi connectivity index (χ3n) is 7.60. The summed E-state index contributed by atoms with van der Waals surface area (Å²) in [5, 5.41) is 10.7. The van der Waals surface area contributed by atoms with Crippen LogP contribution in [0.5, 0.6) is 0 Å². The molecule has 2 aromatic carbocycles. The average molecular weight is 522 g/mol. The van der Waals surface area contributed by atoms with Crippen LogP contribution in [0.15, 0.2) is 42.6 Å². The molecule has 0 saturated carbocycles. The van der Waals surface area contributed by atoms with Gasteiger partial charge in [-0.05, 0) is 55.9 Å². The van der Waals surface area contributed by atoms with Gasteiger partial charge >= 0.3 is 0 Å². The Morgan fingerprint density at radius 2 is 1.78 bits per heavy atom. The molecule has 0 radical (unpaired) electrons. The van der Waals surface area contributed by atoms with Crippen LogP contribution in [0.1, 0.15) is 34.3 Å². The minimum atomic E-state index is -0.958. The highest BCUT2D eigenvalue weighted by atomic mass is 32.2. The molecule has 1 aromatic heterocycles. The van der Waals surface area contributed by atoms with E-state index >= 15 is 0 Å². The maximum atomic E-state index is 14.9. The van der Waals surface area contributed by atoms with Crippen LogP contribution >= 0.6 is 11.9 Å². The van der Waals surface area contributed by atoms with Crippen molar-refractivity contribution in [3.05, 3.63) is 70.9 Å². The Kier molecular flexibility index (Phi) is 7.06. The summed E-state index contributed by atoms with van der Waals surface area (Å²) in [5.74, 6) is -0.901. The first-order valence-electron chi connectivity index (χ1n) is 12.4. The number of amides is 1. The Balaban J connectivity index is 1.50. The fourth-order valence-electron chi connectivity index (χ4n) is 5.45. The molecule has 6 nitrogen and oxygen atoms in total. The van der Waals surface area contributed by atoms with Gasteiger partial charge in [0.25, 0.3) is 5.91 Å². The standard InChI is InChI=1S/C28H29F2N5OS/c1-19-3-5-23(24(30)15-19)28(18-31)7-9-33(10-8-28)26-21-16-20(29)4-6-25(21)32-17-22(26)27(36)34-11-13-35(37-2)14-12-34/h3-6,15-17H,7-14H2,1-2H3. The van der Waals surface area contributed by atoms with Gasteiger partial charge in [-0.2, -0.15) is 5.26 Å². The van der Waals surface area contributed by atoms with E-state index in [4.69, 9.17) is 0 Å². The van der Waals surface area contributed by atoms with Gasteiger partial charge in [0.15, 0.2) is 0 Å². The zero-order valence-electron chi connectivity index (χ0n) is 21.0. The average Bonchev–Trinajstić information content (AvgIpc) is 2.92. The van der Waals surface area contributed by atoms with Gasteiger partial charge < -0.3 is 9.80 Å². The predicted molar refractivity (Wildman–Crippen MR) is 143 cm³/mol. The molecule has 2 fully saturated rings. The van der Waals surface area contributed by atoms with E-state index in [0.717, 1.165) is 18.7 Å². The minimum Gasteiger partial charge on any atom is -0.370 e. The number of nitriles is 1. The lowest BCUT2D eigenvalue weighted by Gasteiger charge is -2.40. The topological polar surface area (TPSA) is 63.5 Å². The molecule has 5 rings (SSSR count). The van der Waals surface area contributed by atoms with Gasteiger partial charge in [0.1, 0.15) is 11.6 Å². The summed E-state index contributed by atoms with van der Waals surface area (Å²) in [4.78, 5) is 22.0. The van der Waals surface area contributed by atoms with Gasteiger partial charge in [-0.1, -0.05) is 24.1 Å². The van der Waals surface area contributed by atoms with E-state index in [-0.39, 0.29) is 11.7 Å². The molecule has 9 heteroatoms. The molecule has 192 valence electrons. The van der Waals surface area contributed by atoms with Crippen LogP contribution in [0.4, 0.5) is 14.5 Å². The molecule has 0 atom stereocenters. The summed E-state index contributed by atoms with van der Waals surface area (Å²) >= 11 is 1.67. The van der Waals surface area contributed by atoms with E-state index in [0.29, 0.717) is 66.7 Å². The molecule has 0 aliphatic carbocycles. The van der Waals surface area contributed by atoms with Crippen LogP contribution in [-0.4, -0.2) is 65.6 Å². The molecule has 37 heavy (non-hydrogen) atoms. The van der Waals surface area contributed by atoms with Crippen LogP contribution in [0, 0.1) is 29.9 Å². The Hall–Kier alpha value is -3.22. The zero-order chi connectivity index (χ0) is 26.2. The summed E-state index contributed by atoms with van der Waals surface area (Å²) in [5.41, 5.74) is 1.93. The molecule has 1 amide bonds. The van der Waals surface area contributed by atoms with Crippen molar-refractivity contribution in [2.24, 2.45) is 0 Å². The number of fused-ring (bicyclic) bond motifs is 1. The number of hydrogen-bond donors (Lipinski definition) is 0. The summed E-state index contributed by atoms with van der Waals surface area (Å²) in [6.45, 7) is 5.42. The number of aromatic nitrogens is 1. The highest BCUT2D eigenvalue weighted by Gasteiger charge is 2.40. The van der Waals surface area contributed by atoms with E-state index in [1.165, 1.54) is 18.2 Å². The number of hydrogen-bond acceptors (Lipinski definition) is 6. The first kappa shape index (κ1) is 25.4. The maximum Gasteiger partial charge on any atom is 0.257 e. The van der Waals surface area contributed by atoms with Gasteiger partial charge in [0.2, 0.25) is 0 Å². The molecule has 0 spiro atoms. The van der Waals surface area contributed by atoms with Crippen molar-refractivity contribution in [3.63, 3.8) is 0 Å². The van der Waals surface area contributed by atoms with Crippen LogP contribution in [-0.2, 0) is 5.41 Å². The van der Waals surface area contributed by atoms with E-state index < -0.39 is 11.2 Å². The van der Waals surface area contributed by atoms with Gasteiger partial charge in [-0.25, -0.2) is 13.1 Å². The second-order valence-corrected chi connectivity index (χ2v) is 10.6. The number of rotatable bonds is 4.